The van der Waals surface area contributed by atoms with Gasteiger partial charge in [0.1, 0.15) is 0 Å². The van der Waals surface area contributed by atoms with Crippen LogP contribution >= 0.6 is 0 Å². The van der Waals surface area contributed by atoms with Gasteiger partial charge in [-0.1, -0.05) is 47.1 Å². The average molecular weight is 287 g/mol. The highest BCUT2D eigenvalue weighted by atomic mass is 19.1. The van der Waals surface area contributed by atoms with Crippen molar-refractivity contribution in [2.75, 3.05) is 7.05 Å². The highest BCUT2D eigenvalue weighted by Crippen LogP contribution is 2.17. The number of unbranched alkanes of at least 4 members (excludes halogenated alkanes) is 1. The normalized spacial score (nSPS) is 14.7. The Hall–Kier alpha value is -1.16. The Morgan fingerprint density at radius 3 is 2.15 bits per heavy atom. The zero-order valence-corrected chi connectivity index (χ0v) is 14.5. The summed E-state index contributed by atoms with van der Waals surface area (Å²) < 4.78 is 13.6. The summed E-state index contributed by atoms with van der Waals surface area (Å²) >= 11 is 0. The molecule has 0 radical (unpaired) electrons. The van der Waals surface area contributed by atoms with Crippen LogP contribution in [0.2, 0.25) is 0 Å². The smallest absolute Gasteiger partial charge is 0.181 e. The van der Waals surface area contributed by atoms with E-state index in [-0.39, 0.29) is 0 Å². The monoisotopic (exact) mass is 287 g/mol. The fourth-order valence-electron chi connectivity index (χ4n) is 1.05. The van der Waals surface area contributed by atoms with E-state index in [1.807, 2.05) is 47.6 Å². The molecule has 0 saturated carbocycles. The van der Waals surface area contributed by atoms with E-state index in [1.165, 1.54) is 6.92 Å². The molecule has 120 valence electrons. The lowest BCUT2D eigenvalue weighted by Crippen LogP contribution is -2.32. The topological polar surface area (TPSA) is 50.4 Å². The summed E-state index contributed by atoms with van der Waals surface area (Å²) in [6.07, 6.45) is 6.89. The standard InChI is InChI=1S/C12H22FN3.2C2H6/c1-5-6-7-11(12(3,13)14)8-9-16-10(2)15-4;2*1-2/h7-9H,5-6,14H2,1-4H3,(H,15,16);2*1-2H3/b9-8-,11-7-;;. The van der Waals surface area contributed by atoms with Gasteiger partial charge in [0.15, 0.2) is 5.79 Å². The van der Waals surface area contributed by atoms with Gasteiger partial charge in [-0.05, 0) is 26.3 Å². The van der Waals surface area contributed by atoms with Crippen LogP contribution in [-0.4, -0.2) is 18.7 Å². The van der Waals surface area contributed by atoms with Crippen LogP contribution in [0.4, 0.5) is 4.39 Å². The number of nitrogens with two attached hydrogens (primary N) is 1. The summed E-state index contributed by atoms with van der Waals surface area (Å²) in [6, 6.07) is 0. The summed E-state index contributed by atoms with van der Waals surface area (Å²) in [5.41, 5.74) is 5.90. The van der Waals surface area contributed by atoms with Gasteiger partial charge in [-0.3, -0.25) is 10.7 Å². The Balaban J connectivity index is -0.000000656. The third kappa shape index (κ3) is 14.9. The Kier molecular flexibility index (Phi) is 19.0. The fourth-order valence-corrected chi connectivity index (χ4v) is 1.05. The lowest BCUT2D eigenvalue weighted by atomic mass is 10.1. The van der Waals surface area contributed by atoms with Crippen molar-refractivity contribution in [2.45, 2.75) is 67.1 Å². The van der Waals surface area contributed by atoms with E-state index >= 15 is 0 Å². The molecule has 20 heavy (non-hydrogen) atoms. The first-order chi connectivity index (χ1) is 9.41. The predicted molar refractivity (Wildman–Crippen MR) is 90.7 cm³/mol. The molecule has 0 bridgehead atoms. The zero-order chi connectivity index (χ0) is 16.6. The van der Waals surface area contributed by atoms with Crippen LogP contribution < -0.4 is 11.1 Å². The Morgan fingerprint density at radius 1 is 1.30 bits per heavy atom. The van der Waals surface area contributed by atoms with E-state index in [2.05, 4.69) is 10.3 Å². The molecular weight excluding hydrogens is 253 g/mol. The Bertz CT molecular complexity index is 287. The SMILES string of the molecule is CC.CC.CCC/C=C(/C=C\NC(C)=NC)C(C)(N)F. The maximum atomic E-state index is 13.6. The summed E-state index contributed by atoms with van der Waals surface area (Å²) in [6.45, 7) is 13.2. The van der Waals surface area contributed by atoms with Gasteiger partial charge >= 0.3 is 0 Å². The fraction of sp³-hybridized carbons (Fsp3) is 0.688. The maximum Gasteiger partial charge on any atom is 0.181 e. The number of alkyl halides is 1. The molecular formula is C16H34FN3. The molecule has 3 N–H and O–H groups in total. The van der Waals surface area contributed by atoms with Crippen LogP contribution in [0.5, 0.6) is 0 Å². The maximum absolute atomic E-state index is 13.6. The molecule has 0 aliphatic heterocycles. The van der Waals surface area contributed by atoms with E-state index < -0.39 is 5.79 Å². The van der Waals surface area contributed by atoms with Gasteiger partial charge in [0, 0.05) is 18.8 Å². The van der Waals surface area contributed by atoms with Crippen molar-refractivity contribution in [3.05, 3.63) is 23.9 Å². The number of nitrogens with one attached hydrogen (secondary N) is 1. The van der Waals surface area contributed by atoms with Gasteiger partial charge in [0.05, 0.1) is 5.84 Å². The number of hydrogen-bond donors (Lipinski definition) is 2. The van der Waals surface area contributed by atoms with Gasteiger partial charge in [0.2, 0.25) is 0 Å². The molecule has 0 fully saturated rings. The van der Waals surface area contributed by atoms with E-state index in [9.17, 15) is 4.39 Å². The van der Waals surface area contributed by atoms with Crippen molar-refractivity contribution in [1.82, 2.24) is 5.32 Å². The Labute approximate surface area is 125 Å². The molecule has 0 saturated heterocycles. The zero-order valence-electron chi connectivity index (χ0n) is 14.5. The van der Waals surface area contributed by atoms with Crippen molar-refractivity contribution in [3.63, 3.8) is 0 Å². The van der Waals surface area contributed by atoms with Crippen molar-refractivity contribution in [3.8, 4) is 0 Å². The predicted octanol–water partition coefficient (Wildman–Crippen LogP) is 4.56. The molecule has 0 aliphatic rings. The van der Waals surface area contributed by atoms with Crippen LogP contribution in [0.15, 0.2) is 28.9 Å². The molecule has 0 aromatic carbocycles. The minimum absolute atomic E-state index is 0.478. The van der Waals surface area contributed by atoms with Crippen LogP contribution in [0.3, 0.4) is 0 Å². The quantitative estimate of drug-likeness (QED) is 0.337. The number of aliphatic imine (C=N–C) groups is 1. The highest BCUT2D eigenvalue weighted by Gasteiger charge is 2.19. The first kappa shape index (κ1) is 23.9. The molecule has 0 amide bonds. The molecule has 4 heteroatoms. The molecule has 1 atom stereocenters. The van der Waals surface area contributed by atoms with Gasteiger partial charge in [-0.25, -0.2) is 4.39 Å². The van der Waals surface area contributed by atoms with Crippen molar-refractivity contribution >= 4 is 5.84 Å². The average Bonchev–Trinajstić information content (AvgIpc) is 2.45. The van der Waals surface area contributed by atoms with E-state index in [1.54, 1.807) is 19.3 Å². The largest absolute Gasteiger partial charge is 0.351 e. The lowest BCUT2D eigenvalue weighted by molar-refractivity contribution is 0.255. The molecule has 0 spiro atoms. The first-order valence-corrected chi connectivity index (χ1v) is 7.46. The van der Waals surface area contributed by atoms with E-state index in [0.717, 1.165) is 18.7 Å². The van der Waals surface area contributed by atoms with Gasteiger partial charge < -0.3 is 5.32 Å². The van der Waals surface area contributed by atoms with Crippen LogP contribution in [-0.2, 0) is 0 Å². The molecule has 0 aromatic rings. The molecule has 0 aromatic heterocycles. The number of rotatable bonds is 5. The number of halogens is 1. The molecule has 0 aliphatic carbocycles. The third-order valence-electron chi connectivity index (χ3n) is 2.11. The van der Waals surface area contributed by atoms with Crippen LogP contribution in [0.1, 0.15) is 61.3 Å². The molecule has 1 unspecified atom stereocenters. The van der Waals surface area contributed by atoms with Crippen LogP contribution in [0.25, 0.3) is 0 Å². The lowest BCUT2D eigenvalue weighted by Gasteiger charge is -2.16. The third-order valence-corrected chi connectivity index (χ3v) is 2.11. The second kappa shape index (κ2) is 15.9. The van der Waals surface area contributed by atoms with Gasteiger partial charge in [0.25, 0.3) is 0 Å². The number of hydrogen-bond acceptors (Lipinski definition) is 2. The van der Waals surface area contributed by atoms with Gasteiger partial charge in [-0.15, -0.1) is 0 Å². The number of nitrogens with zero attached hydrogens (tertiary/aromatic N) is 1. The minimum atomic E-state index is -1.80. The highest BCUT2D eigenvalue weighted by molar-refractivity contribution is 5.80. The van der Waals surface area contributed by atoms with Crippen LogP contribution in [0, 0.1) is 0 Å². The second-order valence-corrected chi connectivity index (χ2v) is 3.81. The minimum Gasteiger partial charge on any atom is -0.351 e. The number of allylic oxidation sites excluding steroid dienone is 1. The van der Waals surface area contributed by atoms with Crippen molar-refractivity contribution in [2.24, 2.45) is 10.7 Å². The summed E-state index contributed by atoms with van der Waals surface area (Å²) in [4.78, 5) is 3.92. The second-order valence-electron chi connectivity index (χ2n) is 3.81. The molecule has 0 rings (SSSR count). The van der Waals surface area contributed by atoms with Crippen molar-refractivity contribution < 1.29 is 4.39 Å². The summed E-state index contributed by atoms with van der Waals surface area (Å²) in [7, 11) is 1.69. The number of amidine groups is 1. The van der Waals surface area contributed by atoms with Crippen molar-refractivity contribution in [1.29, 1.82) is 0 Å². The van der Waals surface area contributed by atoms with Gasteiger partial charge in [-0.2, -0.15) is 0 Å². The molecule has 0 heterocycles. The Morgan fingerprint density at radius 2 is 1.80 bits per heavy atom. The first-order valence-electron chi connectivity index (χ1n) is 7.46. The van der Waals surface area contributed by atoms with E-state index in [0.29, 0.717) is 5.57 Å². The van der Waals surface area contributed by atoms with E-state index in [4.69, 9.17) is 5.73 Å². The summed E-state index contributed by atoms with van der Waals surface area (Å²) in [5, 5.41) is 2.92. The summed E-state index contributed by atoms with van der Waals surface area (Å²) in [5.74, 6) is -1.03. The molecule has 3 nitrogen and oxygen atoms in total.